The lowest BCUT2D eigenvalue weighted by molar-refractivity contribution is -0.137. The molecule has 3 aromatic rings. The van der Waals surface area contributed by atoms with E-state index in [1.54, 1.807) is 19.1 Å². The molecule has 0 aliphatic carbocycles. The molecule has 156 valence electrons. The van der Waals surface area contributed by atoms with Crippen molar-refractivity contribution in [1.82, 2.24) is 15.1 Å². The first-order chi connectivity index (χ1) is 14.3. The third-order valence-corrected chi connectivity index (χ3v) is 4.73. The van der Waals surface area contributed by atoms with E-state index in [4.69, 9.17) is 9.47 Å². The summed E-state index contributed by atoms with van der Waals surface area (Å²) in [5.74, 6) is 0.914. The highest BCUT2D eigenvalue weighted by Crippen LogP contribution is 2.31. The van der Waals surface area contributed by atoms with E-state index in [-0.39, 0.29) is 23.7 Å². The molecule has 0 saturated carbocycles. The second-order valence-electron chi connectivity index (χ2n) is 6.76. The summed E-state index contributed by atoms with van der Waals surface area (Å²) in [7, 11) is 0. The molecule has 1 aromatic heterocycles. The van der Waals surface area contributed by atoms with Crippen LogP contribution in [0.2, 0.25) is 0 Å². The van der Waals surface area contributed by atoms with Crippen molar-refractivity contribution in [1.29, 1.82) is 0 Å². The van der Waals surface area contributed by atoms with E-state index in [9.17, 15) is 18.0 Å². The molecule has 0 saturated heterocycles. The van der Waals surface area contributed by atoms with Gasteiger partial charge in [-0.25, -0.2) is 4.68 Å². The predicted octanol–water partition coefficient (Wildman–Crippen LogP) is 3.90. The van der Waals surface area contributed by atoms with Crippen LogP contribution in [-0.2, 0) is 12.7 Å². The van der Waals surface area contributed by atoms with Crippen LogP contribution in [-0.4, -0.2) is 28.9 Å². The standard InChI is InChI=1S/C21H18F3N3O3/c1-13-17(12-26-27(13)16-4-2-3-15(10-16)21(22,23)24)20(28)25-11-14-5-6-18-19(9-14)30-8-7-29-18/h2-6,9-10,12H,7-8,11H2,1H3,(H,25,28). The number of amides is 1. The zero-order valence-electron chi connectivity index (χ0n) is 16.0. The third-order valence-electron chi connectivity index (χ3n) is 4.73. The number of aromatic nitrogens is 2. The van der Waals surface area contributed by atoms with Crippen molar-refractivity contribution in [3.8, 4) is 17.2 Å². The molecule has 2 heterocycles. The zero-order chi connectivity index (χ0) is 21.3. The maximum atomic E-state index is 13.0. The third kappa shape index (κ3) is 3.96. The molecular weight excluding hydrogens is 399 g/mol. The van der Waals surface area contributed by atoms with E-state index in [0.29, 0.717) is 30.4 Å². The predicted molar refractivity (Wildman–Crippen MR) is 102 cm³/mol. The van der Waals surface area contributed by atoms with Crippen molar-refractivity contribution in [2.24, 2.45) is 0 Å². The van der Waals surface area contributed by atoms with Crippen LogP contribution in [0.15, 0.2) is 48.7 Å². The van der Waals surface area contributed by atoms with Crippen molar-refractivity contribution in [3.05, 3.63) is 71.0 Å². The second kappa shape index (κ2) is 7.74. The Morgan fingerprint density at radius 2 is 1.90 bits per heavy atom. The molecule has 0 fully saturated rings. The van der Waals surface area contributed by atoms with E-state index in [2.05, 4.69) is 10.4 Å². The van der Waals surface area contributed by atoms with E-state index < -0.39 is 11.7 Å². The monoisotopic (exact) mass is 417 g/mol. The number of hydrogen-bond donors (Lipinski definition) is 1. The molecule has 30 heavy (non-hydrogen) atoms. The average Bonchev–Trinajstić information content (AvgIpc) is 3.13. The number of nitrogens with zero attached hydrogens (tertiary/aromatic N) is 2. The van der Waals surface area contributed by atoms with Gasteiger partial charge in [0.15, 0.2) is 11.5 Å². The molecule has 1 amide bonds. The average molecular weight is 417 g/mol. The lowest BCUT2D eigenvalue weighted by Gasteiger charge is -2.19. The summed E-state index contributed by atoms with van der Waals surface area (Å²) in [5.41, 5.74) is 1.00. The lowest BCUT2D eigenvalue weighted by atomic mass is 10.1. The van der Waals surface area contributed by atoms with Gasteiger partial charge in [0.05, 0.1) is 28.7 Å². The smallest absolute Gasteiger partial charge is 0.416 e. The highest BCUT2D eigenvalue weighted by atomic mass is 19.4. The van der Waals surface area contributed by atoms with Crippen LogP contribution in [0, 0.1) is 6.92 Å². The first-order valence-electron chi connectivity index (χ1n) is 9.22. The van der Waals surface area contributed by atoms with Crippen molar-refractivity contribution in [2.75, 3.05) is 13.2 Å². The molecule has 0 bridgehead atoms. The minimum absolute atomic E-state index is 0.230. The van der Waals surface area contributed by atoms with E-state index in [1.165, 1.54) is 23.0 Å². The summed E-state index contributed by atoms with van der Waals surface area (Å²) >= 11 is 0. The molecule has 0 radical (unpaired) electrons. The summed E-state index contributed by atoms with van der Waals surface area (Å²) in [6, 6.07) is 10.2. The molecule has 9 heteroatoms. The molecule has 4 rings (SSSR count). The fraction of sp³-hybridized carbons (Fsp3) is 0.238. The maximum Gasteiger partial charge on any atom is 0.416 e. The topological polar surface area (TPSA) is 65.4 Å². The van der Waals surface area contributed by atoms with Crippen LogP contribution >= 0.6 is 0 Å². The Kier molecular flexibility index (Phi) is 5.11. The molecule has 0 unspecified atom stereocenters. The Morgan fingerprint density at radius 3 is 2.67 bits per heavy atom. The molecular formula is C21H18F3N3O3. The number of ether oxygens (including phenoxy) is 2. The van der Waals surface area contributed by atoms with E-state index >= 15 is 0 Å². The molecule has 0 spiro atoms. The largest absolute Gasteiger partial charge is 0.486 e. The fourth-order valence-electron chi connectivity index (χ4n) is 3.18. The van der Waals surface area contributed by atoms with Gasteiger partial charge >= 0.3 is 6.18 Å². The van der Waals surface area contributed by atoms with Crippen LogP contribution in [0.4, 0.5) is 13.2 Å². The van der Waals surface area contributed by atoms with Gasteiger partial charge in [0.1, 0.15) is 13.2 Å². The number of carbonyl (C=O) groups excluding carboxylic acids is 1. The first-order valence-corrected chi connectivity index (χ1v) is 9.22. The van der Waals surface area contributed by atoms with Crippen LogP contribution < -0.4 is 14.8 Å². The summed E-state index contributed by atoms with van der Waals surface area (Å²) in [6.45, 7) is 2.85. The highest BCUT2D eigenvalue weighted by Gasteiger charge is 2.30. The summed E-state index contributed by atoms with van der Waals surface area (Å²) in [6.07, 6.45) is -3.12. The molecule has 6 nitrogen and oxygen atoms in total. The van der Waals surface area contributed by atoms with E-state index in [0.717, 1.165) is 17.7 Å². The second-order valence-corrected chi connectivity index (χ2v) is 6.76. The van der Waals surface area contributed by atoms with Crippen molar-refractivity contribution in [3.63, 3.8) is 0 Å². The summed E-state index contributed by atoms with van der Waals surface area (Å²) < 4.78 is 51.2. The van der Waals surface area contributed by atoms with Gasteiger partial charge in [0, 0.05) is 6.54 Å². The van der Waals surface area contributed by atoms with Crippen LogP contribution in [0.25, 0.3) is 5.69 Å². The van der Waals surface area contributed by atoms with Crippen LogP contribution in [0.3, 0.4) is 0 Å². The number of halogens is 3. The number of nitrogens with one attached hydrogen (secondary N) is 1. The van der Waals surface area contributed by atoms with Gasteiger partial charge in [0.25, 0.3) is 5.91 Å². The van der Waals surface area contributed by atoms with Crippen molar-refractivity contribution >= 4 is 5.91 Å². The fourth-order valence-corrected chi connectivity index (χ4v) is 3.18. The first kappa shape index (κ1) is 19.8. The molecule has 1 N–H and O–H groups in total. The zero-order valence-corrected chi connectivity index (χ0v) is 16.0. The Labute approximate surface area is 170 Å². The number of alkyl halides is 3. The minimum Gasteiger partial charge on any atom is -0.486 e. The van der Waals surface area contributed by atoms with Crippen LogP contribution in [0.1, 0.15) is 27.2 Å². The van der Waals surface area contributed by atoms with Gasteiger partial charge in [-0.3, -0.25) is 4.79 Å². The van der Waals surface area contributed by atoms with Crippen molar-refractivity contribution < 1.29 is 27.4 Å². The summed E-state index contributed by atoms with van der Waals surface area (Å²) in [5, 5.41) is 6.89. The van der Waals surface area contributed by atoms with Gasteiger partial charge in [-0.2, -0.15) is 18.3 Å². The normalized spacial score (nSPS) is 13.2. The van der Waals surface area contributed by atoms with Crippen molar-refractivity contribution in [2.45, 2.75) is 19.6 Å². The van der Waals surface area contributed by atoms with Gasteiger partial charge in [-0.1, -0.05) is 12.1 Å². The highest BCUT2D eigenvalue weighted by molar-refractivity contribution is 5.95. The van der Waals surface area contributed by atoms with Gasteiger partial charge < -0.3 is 14.8 Å². The number of rotatable bonds is 4. The maximum absolute atomic E-state index is 13.0. The Hall–Kier alpha value is -3.49. The van der Waals surface area contributed by atoms with Gasteiger partial charge in [-0.15, -0.1) is 0 Å². The van der Waals surface area contributed by atoms with Crippen LogP contribution in [0.5, 0.6) is 11.5 Å². The molecule has 1 aliphatic rings. The Balaban J connectivity index is 1.49. The molecule has 0 atom stereocenters. The number of fused-ring (bicyclic) bond motifs is 1. The van der Waals surface area contributed by atoms with E-state index in [1.807, 2.05) is 6.07 Å². The lowest BCUT2D eigenvalue weighted by Crippen LogP contribution is -2.23. The van der Waals surface area contributed by atoms with Gasteiger partial charge in [-0.05, 0) is 42.8 Å². The summed E-state index contributed by atoms with van der Waals surface area (Å²) in [4.78, 5) is 12.6. The minimum atomic E-state index is -4.46. The molecule has 1 aliphatic heterocycles. The SMILES string of the molecule is Cc1c(C(=O)NCc2ccc3c(c2)OCCO3)cnn1-c1cccc(C(F)(F)F)c1. The Morgan fingerprint density at radius 1 is 1.13 bits per heavy atom. The van der Waals surface area contributed by atoms with Gasteiger partial charge in [0.2, 0.25) is 0 Å². The number of carbonyl (C=O) groups is 1. The quantitative estimate of drug-likeness (QED) is 0.699. The Bertz CT molecular complexity index is 1090. The molecule has 2 aromatic carbocycles. The number of benzene rings is 2. The number of hydrogen-bond acceptors (Lipinski definition) is 4.